The molecule has 2 atom stereocenters. The van der Waals surface area contributed by atoms with E-state index in [0.29, 0.717) is 18.6 Å². The Morgan fingerprint density at radius 1 is 1.25 bits per heavy atom. The summed E-state index contributed by atoms with van der Waals surface area (Å²) < 4.78 is 0. The Balaban J connectivity index is 3.56. The summed E-state index contributed by atoms with van der Waals surface area (Å²) in [6.45, 7) is 6.74. The van der Waals surface area contributed by atoms with Gasteiger partial charge in [-0.2, -0.15) is 11.8 Å². The summed E-state index contributed by atoms with van der Waals surface area (Å²) in [5.41, 5.74) is 0. The second kappa shape index (κ2) is 9.97. The van der Waals surface area contributed by atoms with Crippen molar-refractivity contribution in [1.82, 2.24) is 10.6 Å². The molecule has 0 aliphatic carbocycles. The first kappa shape index (κ1) is 15.8. The summed E-state index contributed by atoms with van der Waals surface area (Å²) >= 11 is 1.84. The van der Waals surface area contributed by atoms with Crippen molar-refractivity contribution in [2.24, 2.45) is 0 Å². The first-order valence-electron chi connectivity index (χ1n) is 6.11. The number of carbonyl (C=O) groups excluding carboxylic acids is 1. The van der Waals surface area contributed by atoms with E-state index in [-0.39, 0.29) is 5.91 Å². The number of amides is 1. The molecule has 0 spiro atoms. The molecule has 0 rings (SSSR count). The van der Waals surface area contributed by atoms with Gasteiger partial charge in [-0.05, 0) is 38.7 Å². The average molecular weight is 246 g/mol. The standard InChI is InChI=1S/C12H26N2OS/c1-5-6-11(3)14-12(15)9-13-10(2)7-8-16-4/h10-11,13H,5-9H2,1-4H3,(H,14,15). The van der Waals surface area contributed by atoms with Gasteiger partial charge in [0.1, 0.15) is 0 Å². The van der Waals surface area contributed by atoms with Crippen LogP contribution >= 0.6 is 11.8 Å². The third-order valence-corrected chi connectivity index (χ3v) is 3.14. The molecule has 1 amide bonds. The number of rotatable bonds is 9. The lowest BCUT2D eigenvalue weighted by Crippen LogP contribution is -2.41. The van der Waals surface area contributed by atoms with Crippen LogP contribution in [0.1, 0.15) is 40.0 Å². The minimum Gasteiger partial charge on any atom is -0.353 e. The van der Waals surface area contributed by atoms with Crippen molar-refractivity contribution >= 4 is 17.7 Å². The van der Waals surface area contributed by atoms with Crippen LogP contribution in [-0.4, -0.2) is 36.5 Å². The predicted octanol–water partition coefficient (Wildman–Crippen LogP) is 2.02. The second-order valence-corrected chi connectivity index (χ2v) is 5.31. The van der Waals surface area contributed by atoms with E-state index in [2.05, 4.69) is 37.7 Å². The van der Waals surface area contributed by atoms with Gasteiger partial charge in [0.05, 0.1) is 6.54 Å². The van der Waals surface area contributed by atoms with E-state index >= 15 is 0 Å². The lowest BCUT2D eigenvalue weighted by Gasteiger charge is -2.16. The van der Waals surface area contributed by atoms with E-state index in [9.17, 15) is 4.79 Å². The molecule has 0 bridgehead atoms. The summed E-state index contributed by atoms with van der Waals surface area (Å²) in [5, 5.41) is 6.22. The van der Waals surface area contributed by atoms with E-state index in [4.69, 9.17) is 0 Å². The third kappa shape index (κ3) is 9.04. The number of nitrogens with one attached hydrogen (secondary N) is 2. The highest BCUT2D eigenvalue weighted by atomic mass is 32.2. The number of hydrogen-bond acceptors (Lipinski definition) is 3. The zero-order chi connectivity index (χ0) is 12.4. The van der Waals surface area contributed by atoms with Gasteiger partial charge < -0.3 is 10.6 Å². The number of hydrogen-bond donors (Lipinski definition) is 2. The van der Waals surface area contributed by atoms with Crippen molar-refractivity contribution in [2.45, 2.75) is 52.1 Å². The Labute approximate surface area is 104 Å². The van der Waals surface area contributed by atoms with E-state index in [1.807, 2.05) is 11.8 Å². The Hall–Kier alpha value is -0.220. The molecule has 4 heteroatoms. The Morgan fingerprint density at radius 2 is 1.94 bits per heavy atom. The molecule has 0 saturated carbocycles. The van der Waals surface area contributed by atoms with Gasteiger partial charge >= 0.3 is 0 Å². The Morgan fingerprint density at radius 3 is 2.50 bits per heavy atom. The molecule has 16 heavy (non-hydrogen) atoms. The van der Waals surface area contributed by atoms with Crippen LogP contribution < -0.4 is 10.6 Å². The van der Waals surface area contributed by atoms with Crippen molar-refractivity contribution < 1.29 is 4.79 Å². The normalized spacial score (nSPS) is 14.5. The van der Waals surface area contributed by atoms with Crippen LogP contribution in [0.25, 0.3) is 0 Å². The highest BCUT2D eigenvalue weighted by Crippen LogP contribution is 1.99. The van der Waals surface area contributed by atoms with Crippen molar-refractivity contribution in [2.75, 3.05) is 18.6 Å². The minimum absolute atomic E-state index is 0.108. The topological polar surface area (TPSA) is 41.1 Å². The van der Waals surface area contributed by atoms with Crippen molar-refractivity contribution in [3.8, 4) is 0 Å². The molecule has 2 unspecified atom stereocenters. The van der Waals surface area contributed by atoms with Gasteiger partial charge in [0, 0.05) is 12.1 Å². The van der Waals surface area contributed by atoms with Gasteiger partial charge in [-0.1, -0.05) is 13.3 Å². The Bertz CT molecular complexity index is 188. The molecular weight excluding hydrogens is 220 g/mol. The lowest BCUT2D eigenvalue weighted by molar-refractivity contribution is -0.121. The van der Waals surface area contributed by atoms with Gasteiger partial charge in [0.25, 0.3) is 0 Å². The molecule has 0 aliphatic heterocycles. The molecule has 2 N–H and O–H groups in total. The summed E-state index contributed by atoms with van der Waals surface area (Å²) in [6.07, 6.45) is 5.37. The zero-order valence-electron chi connectivity index (χ0n) is 11.0. The maximum absolute atomic E-state index is 11.5. The molecule has 0 aliphatic rings. The van der Waals surface area contributed by atoms with E-state index in [1.165, 1.54) is 0 Å². The van der Waals surface area contributed by atoms with Crippen LogP contribution in [0.3, 0.4) is 0 Å². The molecule has 0 aromatic rings. The quantitative estimate of drug-likeness (QED) is 0.654. The van der Waals surface area contributed by atoms with Crippen molar-refractivity contribution in [1.29, 1.82) is 0 Å². The van der Waals surface area contributed by atoms with E-state index in [0.717, 1.165) is 25.0 Å². The highest BCUT2D eigenvalue weighted by Gasteiger charge is 2.07. The minimum atomic E-state index is 0.108. The first-order chi connectivity index (χ1) is 7.60. The van der Waals surface area contributed by atoms with Crippen LogP contribution in [0, 0.1) is 0 Å². The van der Waals surface area contributed by atoms with Crippen LogP contribution in [0.2, 0.25) is 0 Å². The Kier molecular flexibility index (Phi) is 9.83. The number of carbonyl (C=O) groups is 1. The SMILES string of the molecule is CCCC(C)NC(=O)CNC(C)CCSC. The maximum Gasteiger partial charge on any atom is 0.234 e. The molecule has 0 fully saturated rings. The molecule has 96 valence electrons. The molecular formula is C12H26N2OS. The fourth-order valence-electron chi connectivity index (χ4n) is 1.49. The first-order valence-corrected chi connectivity index (χ1v) is 7.51. The van der Waals surface area contributed by atoms with Crippen LogP contribution in [-0.2, 0) is 4.79 Å². The maximum atomic E-state index is 11.5. The molecule has 0 heterocycles. The van der Waals surface area contributed by atoms with Crippen molar-refractivity contribution in [3.63, 3.8) is 0 Å². The number of thioether (sulfide) groups is 1. The third-order valence-electron chi connectivity index (χ3n) is 2.50. The van der Waals surface area contributed by atoms with Crippen molar-refractivity contribution in [3.05, 3.63) is 0 Å². The largest absolute Gasteiger partial charge is 0.353 e. The fourth-order valence-corrected chi connectivity index (χ4v) is 2.08. The molecule has 3 nitrogen and oxygen atoms in total. The van der Waals surface area contributed by atoms with E-state index < -0.39 is 0 Å². The monoisotopic (exact) mass is 246 g/mol. The second-order valence-electron chi connectivity index (χ2n) is 4.32. The smallest absolute Gasteiger partial charge is 0.234 e. The van der Waals surface area contributed by atoms with E-state index in [1.54, 1.807) is 0 Å². The highest BCUT2D eigenvalue weighted by molar-refractivity contribution is 7.98. The average Bonchev–Trinajstić information content (AvgIpc) is 2.23. The van der Waals surface area contributed by atoms with Gasteiger partial charge in [-0.3, -0.25) is 4.79 Å². The predicted molar refractivity (Wildman–Crippen MR) is 73.0 cm³/mol. The summed E-state index contributed by atoms with van der Waals surface area (Å²) in [7, 11) is 0. The van der Waals surface area contributed by atoms with Crippen LogP contribution in [0.15, 0.2) is 0 Å². The summed E-state index contributed by atoms with van der Waals surface area (Å²) in [5.74, 6) is 1.25. The lowest BCUT2D eigenvalue weighted by atomic mass is 10.2. The molecule has 0 aromatic carbocycles. The molecule has 0 radical (unpaired) electrons. The fraction of sp³-hybridized carbons (Fsp3) is 0.917. The summed E-state index contributed by atoms with van der Waals surface area (Å²) in [4.78, 5) is 11.5. The van der Waals surface area contributed by atoms with Crippen LogP contribution in [0.4, 0.5) is 0 Å². The van der Waals surface area contributed by atoms with Gasteiger partial charge in [0.15, 0.2) is 0 Å². The molecule has 0 aromatic heterocycles. The zero-order valence-corrected chi connectivity index (χ0v) is 11.8. The van der Waals surface area contributed by atoms with Gasteiger partial charge in [-0.15, -0.1) is 0 Å². The van der Waals surface area contributed by atoms with Crippen LogP contribution in [0.5, 0.6) is 0 Å². The summed E-state index contributed by atoms with van der Waals surface area (Å²) in [6, 6.07) is 0.709. The van der Waals surface area contributed by atoms with Gasteiger partial charge in [0.2, 0.25) is 5.91 Å². The van der Waals surface area contributed by atoms with Gasteiger partial charge in [-0.25, -0.2) is 0 Å². The molecule has 0 saturated heterocycles.